The fraction of sp³-hybridized carbons (Fsp3) is 0.200. The van der Waals surface area contributed by atoms with Gasteiger partial charge in [0, 0.05) is 19.3 Å². The number of ether oxygens (including phenoxy) is 1. The van der Waals surface area contributed by atoms with E-state index < -0.39 is 28.0 Å². The molecule has 3 aromatic carbocycles. The molecule has 0 aliphatic carbocycles. The van der Waals surface area contributed by atoms with Crippen LogP contribution < -0.4 is 9.21 Å². The van der Waals surface area contributed by atoms with Crippen molar-refractivity contribution in [3.8, 4) is 0 Å². The first-order chi connectivity index (χ1) is 15.8. The van der Waals surface area contributed by atoms with Crippen LogP contribution in [0.5, 0.6) is 0 Å². The maximum absolute atomic E-state index is 13.3. The maximum atomic E-state index is 13.3. The molecule has 7 nitrogen and oxygen atoms in total. The Morgan fingerprint density at radius 3 is 2.42 bits per heavy atom. The van der Waals surface area contributed by atoms with E-state index in [0.29, 0.717) is 24.3 Å². The maximum Gasteiger partial charge on any atom is 0.338 e. The van der Waals surface area contributed by atoms with E-state index in [4.69, 9.17) is 4.74 Å². The molecule has 0 fully saturated rings. The van der Waals surface area contributed by atoms with Gasteiger partial charge in [-0.2, -0.15) is 0 Å². The highest BCUT2D eigenvalue weighted by Crippen LogP contribution is 2.32. The van der Waals surface area contributed by atoms with Crippen molar-refractivity contribution in [2.45, 2.75) is 24.3 Å². The quantitative estimate of drug-likeness (QED) is 0.520. The number of rotatable bonds is 6. The van der Waals surface area contributed by atoms with Crippen molar-refractivity contribution in [1.82, 2.24) is 0 Å². The van der Waals surface area contributed by atoms with Crippen LogP contribution in [0.25, 0.3) is 0 Å². The lowest BCUT2D eigenvalue weighted by Crippen LogP contribution is -2.37. The molecule has 0 bridgehead atoms. The van der Waals surface area contributed by atoms with Gasteiger partial charge >= 0.3 is 5.97 Å². The second-order valence-electron chi connectivity index (χ2n) is 7.76. The first kappa shape index (κ1) is 22.5. The lowest BCUT2D eigenvalue weighted by Gasteiger charge is -2.22. The Morgan fingerprint density at radius 2 is 1.67 bits per heavy atom. The number of para-hydroxylation sites is 2. The summed E-state index contributed by atoms with van der Waals surface area (Å²) in [6.07, 6.45) is -0.417. The van der Waals surface area contributed by atoms with Gasteiger partial charge in [-0.25, -0.2) is 13.2 Å². The molecule has 33 heavy (non-hydrogen) atoms. The normalized spacial score (nSPS) is 13.8. The number of carbonyl (C=O) groups excluding carboxylic acids is 2. The smallest absolute Gasteiger partial charge is 0.338 e. The van der Waals surface area contributed by atoms with Crippen LogP contribution in [0.4, 0.5) is 11.4 Å². The summed E-state index contributed by atoms with van der Waals surface area (Å²) >= 11 is 0. The predicted molar refractivity (Wildman–Crippen MR) is 126 cm³/mol. The van der Waals surface area contributed by atoms with Crippen LogP contribution in [0, 0.1) is 0 Å². The monoisotopic (exact) mass is 464 g/mol. The molecule has 0 saturated heterocycles. The minimum Gasteiger partial charge on any atom is -0.449 e. The van der Waals surface area contributed by atoms with Crippen molar-refractivity contribution in [2.75, 3.05) is 22.8 Å². The molecule has 1 aliphatic rings. The molecule has 4 rings (SSSR count). The third kappa shape index (κ3) is 4.47. The summed E-state index contributed by atoms with van der Waals surface area (Å²) in [4.78, 5) is 26.8. The van der Waals surface area contributed by atoms with E-state index in [1.165, 1.54) is 40.4 Å². The molecule has 8 heteroatoms. The number of fused-ring (bicyclic) bond motifs is 1. The lowest BCUT2D eigenvalue weighted by atomic mass is 10.2. The SMILES string of the molecule is C[C@H](OC(=O)c1cccc(S(=O)(=O)N2CCc3ccccc32)c1)C(=O)N(C)c1ccccc1. The van der Waals surface area contributed by atoms with Crippen molar-refractivity contribution < 1.29 is 22.7 Å². The molecule has 0 spiro atoms. The van der Waals surface area contributed by atoms with Crippen LogP contribution in [0.15, 0.2) is 83.8 Å². The van der Waals surface area contributed by atoms with Gasteiger partial charge in [-0.3, -0.25) is 9.10 Å². The van der Waals surface area contributed by atoms with Gasteiger partial charge in [0.25, 0.3) is 15.9 Å². The zero-order chi connectivity index (χ0) is 23.6. The van der Waals surface area contributed by atoms with E-state index in [-0.39, 0.29) is 10.5 Å². The van der Waals surface area contributed by atoms with Gasteiger partial charge < -0.3 is 9.64 Å². The van der Waals surface area contributed by atoms with Gasteiger partial charge in [-0.05, 0) is 55.3 Å². The topological polar surface area (TPSA) is 84.0 Å². The van der Waals surface area contributed by atoms with Gasteiger partial charge in [-0.1, -0.05) is 42.5 Å². The van der Waals surface area contributed by atoms with Crippen LogP contribution in [0.2, 0.25) is 0 Å². The van der Waals surface area contributed by atoms with Gasteiger partial charge in [0.05, 0.1) is 16.1 Å². The van der Waals surface area contributed by atoms with E-state index in [1.807, 2.05) is 18.2 Å². The van der Waals surface area contributed by atoms with Crippen molar-refractivity contribution >= 4 is 33.3 Å². The van der Waals surface area contributed by atoms with Crippen molar-refractivity contribution in [3.05, 3.63) is 90.0 Å². The summed E-state index contributed by atoms with van der Waals surface area (Å²) < 4.78 is 33.2. The number of anilines is 2. The zero-order valence-electron chi connectivity index (χ0n) is 18.3. The van der Waals surface area contributed by atoms with Crippen LogP contribution in [0.3, 0.4) is 0 Å². The van der Waals surface area contributed by atoms with Crippen molar-refractivity contribution in [2.24, 2.45) is 0 Å². The molecule has 0 saturated carbocycles. The van der Waals surface area contributed by atoms with Crippen molar-refractivity contribution in [1.29, 1.82) is 0 Å². The number of carbonyl (C=O) groups is 2. The van der Waals surface area contributed by atoms with E-state index in [2.05, 4.69) is 0 Å². The number of benzene rings is 3. The van der Waals surface area contributed by atoms with Gasteiger partial charge in [0.1, 0.15) is 0 Å². The Balaban J connectivity index is 1.51. The Hall–Kier alpha value is -3.65. The number of hydrogen-bond acceptors (Lipinski definition) is 5. The highest BCUT2D eigenvalue weighted by atomic mass is 32.2. The van der Waals surface area contributed by atoms with Crippen molar-refractivity contribution in [3.63, 3.8) is 0 Å². The van der Waals surface area contributed by atoms with Gasteiger partial charge in [0.15, 0.2) is 6.10 Å². The third-order valence-electron chi connectivity index (χ3n) is 5.61. The summed E-state index contributed by atoms with van der Waals surface area (Å²) in [5.41, 5.74) is 2.34. The first-order valence-corrected chi connectivity index (χ1v) is 12.0. The van der Waals surface area contributed by atoms with E-state index in [0.717, 1.165) is 5.56 Å². The van der Waals surface area contributed by atoms with Crippen LogP contribution in [-0.4, -0.2) is 40.0 Å². The molecular formula is C25H24N2O5S. The lowest BCUT2D eigenvalue weighted by molar-refractivity contribution is -0.126. The van der Waals surface area contributed by atoms with Crippen LogP contribution in [0.1, 0.15) is 22.8 Å². The standard InChI is InChI=1S/C25H24N2O5S/c1-18(24(28)26(2)21-11-4-3-5-12-21)32-25(29)20-10-8-13-22(17-20)33(30,31)27-16-15-19-9-6-7-14-23(19)27/h3-14,17-18H,15-16H2,1-2H3/t18-/m0/s1. The molecule has 0 unspecified atom stereocenters. The molecule has 1 atom stereocenters. The highest BCUT2D eigenvalue weighted by Gasteiger charge is 2.31. The fourth-order valence-corrected chi connectivity index (χ4v) is 5.35. The number of nitrogens with zero attached hydrogens (tertiary/aromatic N) is 2. The predicted octanol–water partition coefficient (Wildman–Crippen LogP) is 3.65. The fourth-order valence-electron chi connectivity index (χ4n) is 3.80. The molecule has 1 heterocycles. The molecule has 0 N–H and O–H groups in total. The summed E-state index contributed by atoms with van der Waals surface area (Å²) in [6, 6.07) is 22.1. The molecule has 0 radical (unpaired) electrons. The van der Waals surface area contributed by atoms with Crippen LogP contribution in [-0.2, 0) is 26.0 Å². The molecule has 1 aliphatic heterocycles. The van der Waals surface area contributed by atoms with Gasteiger partial charge in [-0.15, -0.1) is 0 Å². The van der Waals surface area contributed by atoms with E-state index in [1.54, 1.807) is 43.4 Å². The minimum absolute atomic E-state index is 0.00552. The Morgan fingerprint density at radius 1 is 0.970 bits per heavy atom. The number of hydrogen-bond donors (Lipinski definition) is 0. The Kier molecular flexibility index (Phi) is 6.20. The van der Waals surface area contributed by atoms with Gasteiger partial charge in [0.2, 0.25) is 0 Å². The van der Waals surface area contributed by atoms with E-state index >= 15 is 0 Å². The number of sulfonamides is 1. The summed E-state index contributed by atoms with van der Waals surface area (Å²) in [5.74, 6) is -1.16. The molecule has 1 amide bonds. The summed E-state index contributed by atoms with van der Waals surface area (Å²) in [7, 11) is -2.25. The summed E-state index contributed by atoms with van der Waals surface area (Å²) in [5, 5.41) is 0. The second-order valence-corrected chi connectivity index (χ2v) is 9.63. The third-order valence-corrected chi connectivity index (χ3v) is 7.42. The molecule has 170 valence electrons. The Labute approximate surface area is 193 Å². The van der Waals surface area contributed by atoms with Crippen LogP contribution >= 0.6 is 0 Å². The average molecular weight is 465 g/mol. The number of amides is 1. The molecular weight excluding hydrogens is 440 g/mol. The largest absolute Gasteiger partial charge is 0.449 e. The molecule has 0 aromatic heterocycles. The zero-order valence-corrected chi connectivity index (χ0v) is 19.2. The Bertz CT molecular complexity index is 1290. The highest BCUT2D eigenvalue weighted by molar-refractivity contribution is 7.92. The number of likely N-dealkylation sites (N-methyl/N-ethyl adjacent to an activating group) is 1. The van der Waals surface area contributed by atoms with E-state index in [9.17, 15) is 18.0 Å². The first-order valence-electron chi connectivity index (χ1n) is 10.5. The number of esters is 1. The minimum atomic E-state index is -3.85. The summed E-state index contributed by atoms with van der Waals surface area (Å²) in [6.45, 7) is 1.83. The second kappa shape index (κ2) is 9.07. The molecule has 3 aromatic rings. The average Bonchev–Trinajstić information content (AvgIpc) is 3.29.